The quantitative estimate of drug-likeness (QED) is 0.191. The molecule has 0 aliphatic rings. The molecule has 132 valence electrons. The van der Waals surface area contributed by atoms with Crippen LogP contribution < -0.4 is 0 Å². The van der Waals surface area contributed by atoms with E-state index in [1.807, 2.05) is 0 Å². The second-order valence-electron chi connectivity index (χ2n) is 6.85. The summed E-state index contributed by atoms with van der Waals surface area (Å²) < 4.78 is 0. The summed E-state index contributed by atoms with van der Waals surface area (Å²) in [5.74, 6) is 8.05. The molecule has 0 atom stereocenters. The average Bonchev–Trinajstić information content (AvgIpc) is 2.57. The Morgan fingerprint density at radius 2 is 0.870 bits per heavy atom. The van der Waals surface area contributed by atoms with Gasteiger partial charge in [-0.15, -0.1) is 6.42 Å². The SMILES string of the molecule is C#CC#CCCCCCCCCCCCCCCCCCCC. The summed E-state index contributed by atoms with van der Waals surface area (Å²) in [6.07, 6.45) is 30.2. The lowest BCUT2D eigenvalue weighted by Crippen LogP contribution is -1.83. The summed E-state index contributed by atoms with van der Waals surface area (Å²) >= 11 is 0. The van der Waals surface area contributed by atoms with Crippen molar-refractivity contribution in [1.82, 2.24) is 0 Å². The molecule has 0 nitrogen and oxygen atoms in total. The zero-order chi connectivity index (χ0) is 16.8. The molecule has 0 saturated heterocycles. The summed E-state index contributed by atoms with van der Waals surface area (Å²) in [6.45, 7) is 2.29. The van der Waals surface area contributed by atoms with Gasteiger partial charge in [0.2, 0.25) is 0 Å². The Labute approximate surface area is 147 Å². The van der Waals surface area contributed by atoms with E-state index < -0.39 is 0 Å². The lowest BCUT2D eigenvalue weighted by atomic mass is 10.0. The van der Waals surface area contributed by atoms with E-state index in [2.05, 4.69) is 24.7 Å². The maximum absolute atomic E-state index is 5.08. The standard InChI is InChI=1S/C23H40/c1-3-5-7-9-11-13-15-17-19-21-23-22-20-18-16-14-12-10-8-6-4-2/h1H,4,6,8-23H2,2H3. The molecule has 0 saturated carbocycles. The minimum Gasteiger partial charge on any atom is -0.106 e. The van der Waals surface area contributed by atoms with Gasteiger partial charge in [-0.2, -0.15) is 0 Å². The van der Waals surface area contributed by atoms with Gasteiger partial charge in [0.1, 0.15) is 0 Å². The molecule has 0 aromatic rings. The van der Waals surface area contributed by atoms with Crippen molar-refractivity contribution < 1.29 is 0 Å². The van der Waals surface area contributed by atoms with Gasteiger partial charge < -0.3 is 0 Å². The van der Waals surface area contributed by atoms with Gasteiger partial charge in [0.25, 0.3) is 0 Å². The van der Waals surface area contributed by atoms with Crippen LogP contribution in [0, 0.1) is 24.2 Å². The fraction of sp³-hybridized carbons (Fsp3) is 0.826. The molecular formula is C23H40. The third kappa shape index (κ3) is 21.1. The molecule has 0 heterocycles. The van der Waals surface area contributed by atoms with E-state index in [-0.39, 0.29) is 0 Å². The van der Waals surface area contributed by atoms with Gasteiger partial charge in [-0.1, -0.05) is 116 Å². The van der Waals surface area contributed by atoms with Crippen molar-refractivity contribution in [2.45, 2.75) is 122 Å². The summed E-state index contributed by atoms with van der Waals surface area (Å²) in [5, 5.41) is 0. The highest BCUT2D eigenvalue weighted by Crippen LogP contribution is 2.14. The third-order valence-electron chi connectivity index (χ3n) is 4.57. The highest BCUT2D eigenvalue weighted by Gasteiger charge is 1.94. The van der Waals surface area contributed by atoms with Gasteiger partial charge in [-0.3, -0.25) is 0 Å². The first-order valence-electron chi connectivity index (χ1n) is 10.3. The predicted octanol–water partition coefficient (Wildman–Crippen LogP) is 7.66. The van der Waals surface area contributed by atoms with E-state index in [0.717, 1.165) is 6.42 Å². The molecule has 0 spiro atoms. The molecule has 0 aliphatic carbocycles. The van der Waals surface area contributed by atoms with Crippen molar-refractivity contribution in [3.05, 3.63) is 0 Å². The van der Waals surface area contributed by atoms with Crippen molar-refractivity contribution >= 4 is 0 Å². The largest absolute Gasteiger partial charge is 0.106 e. The highest BCUT2D eigenvalue weighted by molar-refractivity contribution is 5.21. The van der Waals surface area contributed by atoms with Gasteiger partial charge in [-0.25, -0.2) is 0 Å². The van der Waals surface area contributed by atoms with Crippen LogP contribution in [0.25, 0.3) is 0 Å². The molecule has 0 rings (SSSR count). The molecule has 0 aliphatic heterocycles. The van der Waals surface area contributed by atoms with E-state index in [0.29, 0.717) is 0 Å². The molecule has 0 radical (unpaired) electrons. The number of unbranched alkanes of at least 4 members (excludes halogenated alkanes) is 17. The van der Waals surface area contributed by atoms with Crippen LogP contribution in [0.2, 0.25) is 0 Å². The third-order valence-corrected chi connectivity index (χ3v) is 4.57. The van der Waals surface area contributed by atoms with Crippen molar-refractivity contribution in [3.8, 4) is 24.2 Å². The van der Waals surface area contributed by atoms with E-state index in [9.17, 15) is 0 Å². The topological polar surface area (TPSA) is 0 Å². The molecule has 0 fully saturated rings. The first-order chi connectivity index (χ1) is 11.4. The molecular weight excluding hydrogens is 276 g/mol. The number of hydrogen-bond acceptors (Lipinski definition) is 0. The first kappa shape index (κ1) is 22.1. The van der Waals surface area contributed by atoms with Crippen molar-refractivity contribution in [2.24, 2.45) is 0 Å². The maximum atomic E-state index is 5.08. The van der Waals surface area contributed by atoms with Crippen molar-refractivity contribution in [3.63, 3.8) is 0 Å². The van der Waals surface area contributed by atoms with Crippen LogP contribution in [-0.4, -0.2) is 0 Å². The Hall–Kier alpha value is -0.880. The molecule has 23 heavy (non-hydrogen) atoms. The average molecular weight is 317 g/mol. The summed E-state index contributed by atoms with van der Waals surface area (Å²) in [5.41, 5.74) is 0. The molecule has 0 aromatic heterocycles. The minimum absolute atomic E-state index is 0.975. The predicted molar refractivity (Wildman–Crippen MR) is 105 cm³/mol. The van der Waals surface area contributed by atoms with Crippen LogP contribution in [0.15, 0.2) is 0 Å². The maximum Gasteiger partial charge on any atom is 0.00989 e. The van der Waals surface area contributed by atoms with Crippen LogP contribution in [0.5, 0.6) is 0 Å². The van der Waals surface area contributed by atoms with Gasteiger partial charge in [0.15, 0.2) is 0 Å². The number of terminal acetylenes is 1. The van der Waals surface area contributed by atoms with Gasteiger partial charge in [0, 0.05) is 6.42 Å². The summed E-state index contributed by atoms with van der Waals surface area (Å²) in [6, 6.07) is 0. The van der Waals surface area contributed by atoms with Crippen molar-refractivity contribution in [2.75, 3.05) is 0 Å². The fourth-order valence-corrected chi connectivity index (χ4v) is 3.05. The minimum atomic E-state index is 0.975. The second kappa shape index (κ2) is 21.1. The van der Waals surface area contributed by atoms with Crippen LogP contribution in [0.4, 0.5) is 0 Å². The Kier molecular flexibility index (Phi) is 20.3. The number of rotatable bonds is 17. The first-order valence-corrected chi connectivity index (χ1v) is 10.3. The molecule has 0 N–H and O–H groups in total. The number of hydrogen-bond donors (Lipinski definition) is 0. The lowest BCUT2D eigenvalue weighted by molar-refractivity contribution is 0.528. The molecule has 0 bridgehead atoms. The van der Waals surface area contributed by atoms with E-state index in [4.69, 9.17) is 6.42 Å². The molecule has 0 amide bonds. The molecule has 0 aromatic carbocycles. The molecule has 0 unspecified atom stereocenters. The van der Waals surface area contributed by atoms with Crippen LogP contribution in [-0.2, 0) is 0 Å². The van der Waals surface area contributed by atoms with Gasteiger partial charge in [-0.05, 0) is 18.3 Å². The smallest absolute Gasteiger partial charge is 0.00989 e. The Morgan fingerprint density at radius 1 is 0.522 bits per heavy atom. The van der Waals surface area contributed by atoms with E-state index in [1.165, 1.54) is 109 Å². The Bertz CT molecular complexity index is 309. The lowest BCUT2D eigenvalue weighted by Gasteiger charge is -2.03. The normalized spacial score (nSPS) is 10.1. The second-order valence-corrected chi connectivity index (χ2v) is 6.85. The molecule has 0 heteroatoms. The van der Waals surface area contributed by atoms with Gasteiger partial charge >= 0.3 is 0 Å². The van der Waals surface area contributed by atoms with Crippen LogP contribution in [0.1, 0.15) is 122 Å². The van der Waals surface area contributed by atoms with E-state index in [1.54, 1.807) is 0 Å². The van der Waals surface area contributed by atoms with Gasteiger partial charge in [0.05, 0.1) is 0 Å². The Morgan fingerprint density at radius 3 is 1.22 bits per heavy atom. The van der Waals surface area contributed by atoms with Crippen molar-refractivity contribution in [1.29, 1.82) is 0 Å². The zero-order valence-electron chi connectivity index (χ0n) is 15.8. The zero-order valence-corrected chi connectivity index (χ0v) is 15.8. The fourth-order valence-electron chi connectivity index (χ4n) is 3.05. The van der Waals surface area contributed by atoms with Crippen LogP contribution in [0.3, 0.4) is 0 Å². The van der Waals surface area contributed by atoms with Crippen LogP contribution >= 0.6 is 0 Å². The summed E-state index contributed by atoms with van der Waals surface area (Å²) in [7, 11) is 0. The monoisotopic (exact) mass is 316 g/mol. The van der Waals surface area contributed by atoms with E-state index >= 15 is 0 Å². The Balaban J connectivity index is 2.99. The highest BCUT2D eigenvalue weighted by atomic mass is 14.0. The summed E-state index contributed by atoms with van der Waals surface area (Å²) in [4.78, 5) is 0.